The molecule has 0 fully saturated rings. The van der Waals surface area contributed by atoms with Crippen molar-refractivity contribution in [1.82, 2.24) is 0 Å². The van der Waals surface area contributed by atoms with Gasteiger partial charge in [0.1, 0.15) is 5.78 Å². The highest BCUT2D eigenvalue weighted by atomic mass is 16.1. The van der Waals surface area contributed by atoms with Gasteiger partial charge in [-0.05, 0) is 25.2 Å². The van der Waals surface area contributed by atoms with Gasteiger partial charge in [0.25, 0.3) is 0 Å². The van der Waals surface area contributed by atoms with Gasteiger partial charge in [-0.25, -0.2) is 0 Å². The average molecular weight is 170 g/mol. The number of hydrogen-bond donors (Lipinski definition) is 0. The first kappa shape index (κ1) is 11.7. The largest absolute Gasteiger partial charge is 0.300 e. The third-order valence-corrected chi connectivity index (χ3v) is 2.22. The van der Waals surface area contributed by atoms with Gasteiger partial charge in [-0.3, -0.25) is 0 Å². The van der Waals surface area contributed by atoms with Crippen LogP contribution in [0.3, 0.4) is 0 Å². The van der Waals surface area contributed by atoms with E-state index in [0.717, 1.165) is 12.3 Å². The molecule has 0 heterocycles. The maximum Gasteiger partial charge on any atom is 0.130 e. The van der Waals surface area contributed by atoms with Crippen molar-refractivity contribution in [2.75, 3.05) is 0 Å². The molecule has 0 saturated heterocycles. The van der Waals surface area contributed by atoms with E-state index in [1.165, 1.54) is 19.3 Å². The van der Waals surface area contributed by atoms with Crippen LogP contribution >= 0.6 is 0 Å². The molecule has 0 radical (unpaired) electrons. The van der Waals surface area contributed by atoms with Gasteiger partial charge in [0.2, 0.25) is 0 Å². The van der Waals surface area contributed by atoms with Crippen LogP contribution in [0.25, 0.3) is 0 Å². The van der Waals surface area contributed by atoms with Crippen LogP contribution in [0.4, 0.5) is 0 Å². The highest BCUT2D eigenvalue weighted by molar-refractivity contribution is 5.75. The Morgan fingerprint density at radius 1 is 1.25 bits per heavy atom. The quantitative estimate of drug-likeness (QED) is 0.597. The lowest BCUT2D eigenvalue weighted by atomic mass is 9.91. The lowest BCUT2D eigenvalue weighted by Crippen LogP contribution is -2.06. The zero-order chi connectivity index (χ0) is 9.56. The maximum absolute atomic E-state index is 10.8. The molecule has 0 aromatic rings. The second-order valence-electron chi connectivity index (χ2n) is 4.14. The average Bonchev–Trinajstić information content (AvgIpc) is 1.84. The molecule has 0 rings (SSSR count). The fourth-order valence-electron chi connectivity index (χ4n) is 1.87. The highest BCUT2D eigenvalue weighted by Crippen LogP contribution is 2.18. The van der Waals surface area contributed by atoms with E-state index in [0.29, 0.717) is 11.7 Å². The SMILES string of the molecule is CCC[C@@H](C)C[C@@H](C)CC(C)=O. The standard InChI is InChI=1S/C11H22O/c1-5-6-9(2)7-10(3)8-11(4)12/h9-10H,5-8H2,1-4H3/t9-,10-/m1/s1. The summed E-state index contributed by atoms with van der Waals surface area (Å²) in [5.41, 5.74) is 0. The lowest BCUT2D eigenvalue weighted by Gasteiger charge is -2.14. The molecule has 0 aromatic heterocycles. The summed E-state index contributed by atoms with van der Waals surface area (Å²) in [4.78, 5) is 10.8. The van der Waals surface area contributed by atoms with Gasteiger partial charge >= 0.3 is 0 Å². The van der Waals surface area contributed by atoms with Crippen molar-refractivity contribution in [3.63, 3.8) is 0 Å². The molecule has 0 spiro atoms. The van der Waals surface area contributed by atoms with Crippen LogP contribution in [0, 0.1) is 11.8 Å². The minimum atomic E-state index is 0.325. The van der Waals surface area contributed by atoms with Crippen LogP contribution in [0.15, 0.2) is 0 Å². The second-order valence-corrected chi connectivity index (χ2v) is 4.14. The first-order valence-corrected chi connectivity index (χ1v) is 5.05. The molecule has 1 nitrogen and oxygen atoms in total. The Kier molecular flexibility index (Phi) is 6.04. The van der Waals surface area contributed by atoms with Crippen molar-refractivity contribution in [2.45, 2.75) is 53.4 Å². The van der Waals surface area contributed by atoms with E-state index in [-0.39, 0.29) is 0 Å². The number of carbonyl (C=O) groups excluding carboxylic acids is 1. The zero-order valence-corrected chi connectivity index (χ0v) is 8.89. The van der Waals surface area contributed by atoms with Crippen LogP contribution in [0.1, 0.15) is 53.4 Å². The van der Waals surface area contributed by atoms with Crippen molar-refractivity contribution in [1.29, 1.82) is 0 Å². The molecule has 0 saturated carbocycles. The van der Waals surface area contributed by atoms with Gasteiger partial charge in [0, 0.05) is 6.42 Å². The van der Waals surface area contributed by atoms with Crippen LogP contribution in [0.2, 0.25) is 0 Å². The van der Waals surface area contributed by atoms with Crippen molar-refractivity contribution in [2.24, 2.45) is 11.8 Å². The first-order chi connectivity index (χ1) is 5.56. The van der Waals surface area contributed by atoms with Crippen molar-refractivity contribution in [3.05, 3.63) is 0 Å². The van der Waals surface area contributed by atoms with Crippen molar-refractivity contribution in [3.8, 4) is 0 Å². The van der Waals surface area contributed by atoms with E-state index in [9.17, 15) is 4.79 Å². The summed E-state index contributed by atoms with van der Waals surface area (Å²) < 4.78 is 0. The summed E-state index contributed by atoms with van der Waals surface area (Å²) in [5, 5.41) is 0. The molecule has 0 amide bonds. The predicted molar refractivity (Wildman–Crippen MR) is 53.2 cm³/mol. The maximum atomic E-state index is 10.8. The fraction of sp³-hybridized carbons (Fsp3) is 0.909. The van der Waals surface area contributed by atoms with E-state index < -0.39 is 0 Å². The van der Waals surface area contributed by atoms with E-state index >= 15 is 0 Å². The predicted octanol–water partition coefficient (Wildman–Crippen LogP) is 3.43. The Balaban J connectivity index is 3.53. The fourth-order valence-corrected chi connectivity index (χ4v) is 1.87. The molecular formula is C11H22O. The smallest absolute Gasteiger partial charge is 0.130 e. The number of carbonyl (C=O) groups is 1. The summed E-state index contributed by atoms with van der Waals surface area (Å²) in [7, 11) is 0. The first-order valence-electron chi connectivity index (χ1n) is 5.05. The molecule has 0 aliphatic heterocycles. The van der Waals surface area contributed by atoms with E-state index in [4.69, 9.17) is 0 Å². The van der Waals surface area contributed by atoms with Gasteiger partial charge in [-0.2, -0.15) is 0 Å². The Bertz CT molecular complexity index is 129. The third kappa shape index (κ3) is 6.38. The van der Waals surface area contributed by atoms with Gasteiger partial charge < -0.3 is 4.79 Å². The van der Waals surface area contributed by atoms with Crippen LogP contribution in [-0.2, 0) is 4.79 Å². The van der Waals surface area contributed by atoms with Crippen LogP contribution in [-0.4, -0.2) is 5.78 Å². The van der Waals surface area contributed by atoms with Crippen LogP contribution < -0.4 is 0 Å². The Morgan fingerprint density at radius 3 is 2.25 bits per heavy atom. The molecule has 0 aliphatic rings. The molecule has 0 aromatic carbocycles. The summed E-state index contributed by atoms with van der Waals surface area (Å²) >= 11 is 0. The molecule has 0 unspecified atom stereocenters. The molecule has 0 N–H and O–H groups in total. The summed E-state index contributed by atoms with van der Waals surface area (Å²) in [6, 6.07) is 0. The minimum absolute atomic E-state index is 0.325. The number of hydrogen-bond acceptors (Lipinski definition) is 1. The van der Waals surface area contributed by atoms with E-state index in [1.807, 2.05) is 0 Å². The molecule has 0 aliphatic carbocycles. The van der Waals surface area contributed by atoms with Gasteiger partial charge in [0.15, 0.2) is 0 Å². The lowest BCUT2D eigenvalue weighted by molar-refractivity contribution is -0.117. The Morgan fingerprint density at radius 2 is 1.83 bits per heavy atom. The topological polar surface area (TPSA) is 17.1 Å². The minimum Gasteiger partial charge on any atom is -0.300 e. The van der Waals surface area contributed by atoms with Crippen molar-refractivity contribution < 1.29 is 4.79 Å². The van der Waals surface area contributed by atoms with E-state index in [1.54, 1.807) is 6.92 Å². The molecule has 2 atom stereocenters. The zero-order valence-electron chi connectivity index (χ0n) is 8.89. The van der Waals surface area contributed by atoms with Gasteiger partial charge in [0.05, 0.1) is 0 Å². The van der Waals surface area contributed by atoms with Gasteiger partial charge in [-0.1, -0.05) is 33.6 Å². The molecule has 72 valence electrons. The summed E-state index contributed by atoms with van der Waals surface area (Å²) in [6.45, 7) is 8.35. The number of Topliss-reactive ketones (excluding diaryl/α,β-unsaturated/α-hetero) is 1. The summed E-state index contributed by atoms with van der Waals surface area (Å²) in [5.74, 6) is 1.68. The van der Waals surface area contributed by atoms with Crippen LogP contribution in [0.5, 0.6) is 0 Å². The normalized spacial score (nSPS) is 15.7. The third-order valence-electron chi connectivity index (χ3n) is 2.22. The van der Waals surface area contributed by atoms with Gasteiger partial charge in [-0.15, -0.1) is 0 Å². The Hall–Kier alpha value is -0.330. The summed E-state index contributed by atoms with van der Waals surface area (Å²) in [6.07, 6.45) is 4.51. The molecule has 1 heteroatoms. The van der Waals surface area contributed by atoms with E-state index in [2.05, 4.69) is 20.8 Å². The van der Waals surface area contributed by atoms with Crippen molar-refractivity contribution >= 4 is 5.78 Å². The number of ketones is 1. The Labute approximate surface area is 76.6 Å². The number of rotatable bonds is 6. The molecule has 0 bridgehead atoms. The second kappa shape index (κ2) is 6.22. The molecule has 12 heavy (non-hydrogen) atoms. The molecular weight excluding hydrogens is 148 g/mol. The monoisotopic (exact) mass is 170 g/mol. The highest BCUT2D eigenvalue weighted by Gasteiger charge is 2.09.